The molecule has 2 N–H and O–H groups in total. The number of thioether (sulfide) groups is 1. The number of nitrogens with zero attached hydrogens (tertiary/aromatic N) is 1. The summed E-state index contributed by atoms with van der Waals surface area (Å²) in [7, 11) is 0. The third-order valence-corrected chi connectivity index (χ3v) is 5.56. The van der Waals surface area contributed by atoms with E-state index in [9.17, 15) is 0 Å². The number of hydrogen-bond acceptors (Lipinski definition) is 4. The van der Waals surface area contributed by atoms with E-state index in [2.05, 4.69) is 54.2 Å². The van der Waals surface area contributed by atoms with E-state index in [1.165, 1.54) is 4.90 Å². The Kier molecular flexibility index (Phi) is 5.88. The van der Waals surface area contributed by atoms with E-state index in [0.717, 1.165) is 27.3 Å². The number of rotatable bonds is 5. The van der Waals surface area contributed by atoms with Gasteiger partial charge in [-0.15, -0.1) is 23.1 Å². The molecule has 1 aromatic heterocycles. The van der Waals surface area contributed by atoms with Crippen molar-refractivity contribution in [3.63, 3.8) is 0 Å². The molecular weight excluding hydrogens is 364 g/mol. The number of nitrogens with two attached hydrogens (primary N) is 1. The quantitative estimate of drug-likeness (QED) is 0.747. The fraction of sp³-hybridized carbons (Fsp3) is 0.438. The smallest absolute Gasteiger partial charge is 0.0944 e. The van der Waals surface area contributed by atoms with Crippen LogP contribution in [-0.4, -0.2) is 16.8 Å². The maximum Gasteiger partial charge on any atom is 0.0944 e. The zero-order valence-corrected chi connectivity index (χ0v) is 15.8. The average Bonchev–Trinajstić information content (AvgIpc) is 2.85. The standard InChI is InChI=1S/C16H21BrN2S2/c1-16(2,3)14-10-21-15(19-14)8-12(18)9-20-13-6-4-5-11(17)7-13/h4-7,10,12H,8-9,18H2,1-3H3. The summed E-state index contributed by atoms with van der Waals surface area (Å²) in [5.74, 6) is 0.904. The Labute approximate surface area is 143 Å². The van der Waals surface area contributed by atoms with Crippen molar-refractivity contribution in [2.24, 2.45) is 5.73 Å². The highest BCUT2D eigenvalue weighted by atomic mass is 79.9. The van der Waals surface area contributed by atoms with Crippen LogP contribution in [0.1, 0.15) is 31.5 Å². The highest BCUT2D eigenvalue weighted by Gasteiger charge is 2.18. The second kappa shape index (κ2) is 7.27. The molecule has 1 aromatic carbocycles. The van der Waals surface area contributed by atoms with Crippen LogP contribution >= 0.6 is 39.0 Å². The summed E-state index contributed by atoms with van der Waals surface area (Å²) in [4.78, 5) is 5.96. The van der Waals surface area contributed by atoms with E-state index < -0.39 is 0 Å². The Balaban J connectivity index is 1.87. The normalized spacial score (nSPS) is 13.4. The fourth-order valence-electron chi connectivity index (χ4n) is 1.79. The van der Waals surface area contributed by atoms with Gasteiger partial charge in [0.25, 0.3) is 0 Å². The minimum absolute atomic E-state index is 0.115. The number of benzene rings is 1. The first-order valence-corrected chi connectivity index (χ1v) is 9.59. The van der Waals surface area contributed by atoms with E-state index >= 15 is 0 Å². The van der Waals surface area contributed by atoms with Gasteiger partial charge in [-0.2, -0.15) is 0 Å². The van der Waals surface area contributed by atoms with Gasteiger partial charge in [0.05, 0.1) is 10.7 Å². The predicted molar refractivity (Wildman–Crippen MR) is 97.4 cm³/mol. The largest absolute Gasteiger partial charge is 0.327 e. The molecule has 0 saturated carbocycles. The zero-order chi connectivity index (χ0) is 15.5. The Hall–Kier alpha value is -0.360. The van der Waals surface area contributed by atoms with E-state index in [0.29, 0.717) is 0 Å². The second-order valence-electron chi connectivity index (χ2n) is 6.11. The van der Waals surface area contributed by atoms with Crippen LogP contribution in [0.3, 0.4) is 0 Å². The lowest BCUT2D eigenvalue weighted by Gasteiger charge is -2.14. The van der Waals surface area contributed by atoms with Gasteiger partial charge in [0.2, 0.25) is 0 Å². The summed E-state index contributed by atoms with van der Waals surface area (Å²) in [6, 6.07) is 8.46. The summed E-state index contributed by atoms with van der Waals surface area (Å²) < 4.78 is 1.11. The lowest BCUT2D eigenvalue weighted by atomic mass is 9.93. The average molecular weight is 385 g/mol. The fourth-order valence-corrected chi connectivity index (χ4v) is 4.37. The van der Waals surface area contributed by atoms with Gasteiger partial charge in [-0.05, 0) is 18.2 Å². The maximum atomic E-state index is 6.24. The molecule has 0 aliphatic heterocycles. The van der Waals surface area contributed by atoms with Crippen LogP contribution < -0.4 is 5.73 Å². The van der Waals surface area contributed by atoms with E-state index in [1.54, 1.807) is 23.1 Å². The molecule has 2 aromatic rings. The Bertz CT molecular complexity index is 590. The van der Waals surface area contributed by atoms with Gasteiger partial charge in [-0.1, -0.05) is 42.8 Å². The van der Waals surface area contributed by atoms with Crippen LogP contribution in [-0.2, 0) is 11.8 Å². The lowest BCUT2D eigenvalue weighted by Crippen LogP contribution is -2.25. The molecule has 1 heterocycles. The zero-order valence-electron chi connectivity index (χ0n) is 12.6. The highest BCUT2D eigenvalue weighted by molar-refractivity contribution is 9.10. The van der Waals surface area contributed by atoms with Gasteiger partial charge >= 0.3 is 0 Å². The van der Waals surface area contributed by atoms with Gasteiger partial charge in [0.1, 0.15) is 0 Å². The molecule has 0 saturated heterocycles. The molecule has 2 rings (SSSR count). The second-order valence-corrected chi connectivity index (χ2v) is 9.06. The molecule has 5 heteroatoms. The van der Waals surface area contributed by atoms with Crippen molar-refractivity contribution in [3.8, 4) is 0 Å². The van der Waals surface area contributed by atoms with Crippen LogP contribution in [0.25, 0.3) is 0 Å². The molecule has 0 spiro atoms. The number of thiazole rings is 1. The van der Waals surface area contributed by atoms with Gasteiger partial charge in [-0.3, -0.25) is 0 Å². The maximum absolute atomic E-state index is 6.24. The van der Waals surface area contributed by atoms with Crippen molar-refractivity contribution in [1.82, 2.24) is 4.98 Å². The van der Waals surface area contributed by atoms with Crippen LogP contribution in [0.15, 0.2) is 39.0 Å². The van der Waals surface area contributed by atoms with Crippen LogP contribution in [0.4, 0.5) is 0 Å². The Morgan fingerprint density at radius 2 is 2.14 bits per heavy atom. The monoisotopic (exact) mass is 384 g/mol. The number of aromatic nitrogens is 1. The van der Waals surface area contributed by atoms with E-state index in [1.807, 2.05) is 12.1 Å². The van der Waals surface area contributed by atoms with Crippen LogP contribution in [0.5, 0.6) is 0 Å². The summed E-state index contributed by atoms with van der Waals surface area (Å²) in [5, 5.41) is 3.30. The third-order valence-electron chi connectivity index (χ3n) is 3.02. The highest BCUT2D eigenvalue weighted by Crippen LogP contribution is 2.26. The molecule has 2 nitrogen and oxygen atoms in total. The molecule has 0 aliphatic carbocycles. The molecule has 1 atom stereocenters. The van der Waals surface area contributed by atoms with Crippen molar-refractivity contribution < 1.29 is 0 Å². The third kappa shape index (κ3) is 5.40. The molecule has 1 unspecified atom stereocenters. The first-order valence-electron chi connectivity index (χ1n) is 6.93. The SMILES string of the molecule is CC(C)(C)c1csc(CC(N)CSc2cccc(Br)c2)n1. The van der Waals surface area contributed by atoms with Crippen molar-refractivity contribution in [2.75, 3.05) is 5.75 Å². The lowest BCUT2D eigenvalue weighted by molar-refractivity contribution is 0.569. The Morgan fingerprint density at radius 3 is 2.76 bits per heavy atom. The van der Waals surface area contributed by atoms with E-state index in [-0.39, 0.29) is 11.5 Å². The summed E-state index contributed by atoms with van der Waals surface area (Å²) in [5.41, 5.74) is 7.52. The first kappa shape index (κ1) is 17.0. The molecule has 0 radical (unpaired) electrons. The van der Waals surface area contributed by atoms with Gasteiger partial charge in [-0.25, -0.2) is 4.98 Å². The molecule has 0 amide bonds. The topological polar surface area (TPSA) is 38.9 Å². The minimum Gasteiger partial charge on any atom is -0.327 e. The van der Waals surface area contributed by atoms with Crippen LogP contribution in [0, 0.1) is 0 Å². The van der Waals surface area contributed by atoms with Crippen molar-refractivity contribution in [1.29, 1.82) is 0 Å². The van der Waals surface area contributed by atoms with Crippen LogP contribution in [0.2, 0.25) is 0 Å². The minimum atomic E-state index is 0.115. The molecule has 0 aliphatic rings. The summed E-state index contributed by atoms with van der Waals surface area (Å²) >= 11 is 7.01. The van der Waals surface area contributed by atoms with Gasteiger partial charge in [0, 0.05) is 38.4 Å². The Morgan fingerprint density at radius 1 is 1.38 bits per heavy atom. The number of halogens is 1. The van der Waals surface area contributed by atoms with Crippen molar-refractivity contribution in [3.05, 3.63) is 44.8 Å². The molecule has 114 valence electrons. The molecule has 0 bridgehead atoms. The van der Waals surface area contributed by atoms with Gasteiger partial charge in [0.15, 0.2) is 0 Å². The van der Waals surface area contributed by atoms with Crippen molar-refractivity contribution >= 4 is 39.0 Å². The van der Waals surface area contributed by atoms with Crippen molar-refractivity contribution in [2.45, 2.75) is 43.5 Å². The molecular formula is C16H21BrN2S2. The summed E-state index contributed by atoms with van der Waals surface area (Å²) in [6.07, 6.45) is 0.849. The predicted octanol–water partition coefficient (Wildman–Crippen LogP) is 4.87. The van der Waals surface area contributed by atoms with Gasteiger partial charge < -0.3 is 5.73 Å². The molecule has 21 heavy (non-hydrogen) atoms. The first-order chi connectivity index (χ1) is 9.84. The number of hydrogen-bond donors (Lipinski definition) is 1. The van der Waals surface area contributed by atoms with E-state index in [4.69, 9.17) is 10.7 Å². The molecule has 0 fully saturated rings. The summed E-state index contributed by atoms with van der Waals surface area (Å²) in [6.45, 7) is 6.57.